The zero-order valence-corrected chi connectivity index (χ0v) is 18.4. The van der Waals surface area contributed by atoms with Gasteiger partial charge in [0, 0.05) is 12.6 Å². The molecule has 168 valence electrons. The van der Waals surface area contributed by atoms with Crippen LogP contribution >= 0.6 is 0 Å². The first kappa shape index (κ1) is 23.1. The second-order valence-electron chi connectivity index (χ2n) is 6.78. The van der Waals surface area contributed by atoms with Crippen LogP contribution in [0.2, 0.25) is 0 Å². The maximum Gasteiger partial charge on any atom is 0.262 e. The number of anilines is 1. The summed E-state index contributed by atoms with van der Waals surface area (Å²) in [7, 11) is -1.54. The van der Waals surface area contributed by atoms with Crippen molar-refractivity contribution >= 4 is 21.6 Å². The molecule has 0 aliphatic rings. The molecule has 32 heavy (non-hydrogen) atoms. The Morgan fingerprint density at radius 1 is 0.969 bits per heavy atom. The fraction of sp³-hybridized carbons (Fsp3) is 0.174. The maximum atomic E-state index is 14.0. The Morgan fingerprint density at radius 3 is 2.31 bits per heavy atom. The second-order valence-corrected chi connectivity index (χ2v) is 8.47. The van der Waals surface area contributed by atoms with Crippen LogP contribution in [-0.2, 0) is 16.4 Å². The summed E-state index contributed by atoms with van der Waals surface area (Å²) in [6, 6.07) is 17.4. The summed E-state index contributed by atoms with van der Waals surface area (Å²) in [5, 5.41) is 2.76. The number of ether oxygens (including phenoxy) is 2. The van der Waals surface area contributed by atoms with E-state index in [4.69, 9.17) is 9.47 Å². The lowest BCUT2D eigenvalue weighted by Gasteiger charge is -2.16. The maximum absolute atomic E-state index is 14.0. The monoisotopic (exact) mass is 458 g/mol. The van der Waals surface area contributed by atoms with E-state index in [2.05, 4.69) is 10.0 Å². The predicted molar refractivity (Wildman–Crippen MR) is 119 cm³/mol. The number of methoxy groups -OCH3 is 2. The van der Waals surface area contributed by atoms with Crippen LogP contribution in [0.3, 0.4) is 0 Å². The summed E-state index contributed by atoms with van der Waals surface area (Å²) >= 11 is 0. The number of carbonyl (C=O) groups excluding carboxylic acids is 1. The zero-order valence-electron chi connectivity index (χ0n) is 17.6. The minimum atomic E-state index is -4.22. The fourth-order valence-electron chi connectivity index (χ4n) is 3.07. The van der Waals surface area contributed by atoms with Crippen LogP contribution < -0.4 is 19.5 Å². The van der Waals surface area contributed by atoms with Crippen molar-refractivity contribution in [2.75, 3.05) is 25.5 Å². The van der Waals surface area contributed by atoms with Crippen molar-refractivity contribution in [2.24, 2.45) is 0 Å². The Morgan fingerprint density at radius 2 is 1.66 bits per heavy atom. The predicted octanol–water partition coefficient (Wildman–Crippen LogP) is 3.62. The molecule has 0 aromatic heterocycles. The van der Waals surface area contributed by atoms with Crippen LogP contribution in [0, 0.1) is 5.82 Å². The van der Waals surface area contributed by atoms with Crippen molar-refractivity contribution in [1.29, 1.82) is 0 Å². The van der Waals surface area contributed by atoms with E-state index in [-0.39, 0.29) is 27.6 Å². The first-order valence-corrected chi connectivity index (χ1v) is 11.2. The molecule has 0 saturated carbocycles. The van der Waals surface area contributed by atoms with Gasteiger partial charge in [-0.15, -0.1) is 0 Å². The van der Waals surface area contributed by atoms with Crippen molar-refractivity contribution in [2.45, 2.75) is 11.3 Å². The van der Waals surface area contributed by atoms with Gasteiger partial charge in [0.05, 0.1) is 30.4 Å². The highest BCUT2D eigenvalue weighted by Gasteiger charge is 2.24. The molecule has 0 heterocycles. The molecule has 3 rings (SSSR count). The van der Waals surface area contributed by atoms with Gasteiger partial charge in [-0.05, 0) is 30.2 Å². The topological polar surface area (TPSA) is 93.7 Å². The quantitative estimate of drug-likeness (QED) is 0.511. The van der Waals surface area contributed by atoms with Gasteiger partial charge in [-0.1, -0.05) is 42.5 Å². The largest absolute Gasteiger partial charge is 0.493 e. The van der Waals surface area contributed by atoms with Crippen LogP contribution in [0.25, 0.3) is 0 Å². The minimum absolute atomic E-state index is 0.0196. The Balaban J connectivity index is 1.89. The number of hydrogen-bond acceptors (Lipinski definition) is 5. The molecule has 1 amide bonds. The Bertz CT molecular complexity index is 1200. The number of benzene rings is 3. The Hall–Kier alpha value is -3.59. The summed E-state index contributed by atoms with van der Waals surface area (Å²) in [5.74, 6) is -1.11. The summed E-state index contributed by atoms with van der Waals surface area (Å²) in [6.45, 7) is 0.332. The van der Waals surface area contributed by atoms with E-state index in [0.717, 1.165) is 11.6 Å². The molecule has 2 N–H and O–H groups in total. The van der Waals surface area contributed by atoms with Crippen molar-refractivity contribution in [3.63, 3.8) is 0 Å². The third-order valence-electron chi connectivity index (χ3n) is 4.67. The van der Waals surface area contributed by atoms with E-state index >= 15 is 0 Å². The van der Waals surface area contributed by atoms with Crippen LogP contribution in [0.5, 0.6) is 11.5 Å². The van der Waals surface area contributed by atoms with E-state index in [0.29, 0.717) is 13.0 Å². The third-order valence-corrected chi connectivity index (χ3v) is 6.01. The zero-order chi connectivity index (χ0) is 23.1. The molecule has 7 nitrogen and oxygen atoms in total. The molecule has 0 spiro atoms. The highest BCUT2D eigenvalue weighted by atomic mass is 32.2. The number of amides is 1. The van der Waals surface area contributed by atoms with Gasteiger partial charge < -0.3 is 14.8 Å². The highest BCUT2D eigenvalue weighted by molar-refractivity contribution is 7.92. The SMILES string of the molecule is COc1cc(S(=O)(=O)Nc2ccccc2F)cc(C(=O)NCCc2ccccc2)c1OC. The second kappa shape index (κ2) is 10.1. The van der Waals surface area contributed by atoms with Gasteiger partial charge in [-0.3, -0.25) is 9.52 Å². The van der Waals surface area contributed by atoms with Crippen molar-refractivity contribution in [3.05, 3.63) is 83.7 Å². The summed E-state index contributed by atoms with van der Waals surface area (Å²) in [5.41, 5.74) is 0.813. The van der Waals surface area contributed by atoms with E-state index < -0.39 is 21.7 Å². The first-order valence-electron chi connectivity index (χ1n) is 9.71. The molecule has 0 fully saturated rings. The average molecular weight is 459 g/mol. The molecular formula is C23H23FN2O5S. The van der Waals surface area contributed by atoms with Crippen molar-refractivity contribution in [1.82, 2.24) is 5.32 Å². The lowest BCUT2D eigenvalue weighted by atomic mass is 10.1. The molecule has 0 aliphatic carbocycles. The van der Waals surface area contributed by atoms with Gasteiger partial charge in [0.2, 0.25) is 0 Å². The van der Waals surface area contributed by atoms with Crippen molar-refractivity contribution in [3.8, 4) is 11.5 Å². The van der Waals surface area contributed by atoms with E-state index in [1.165, 1.54) is 44.6 Å². The third kappa shape index (κ3) is 5.36. The number of sulfonamides is 1. The van der Waals surface area contributed by atoms with Gasteiger partial charge in [0.15, 0.2) is 11.5 Å². The summed E-state index contributed by atoms with van der Waals surface area (Å²) in [4.78, 5) is 12.6. The van der Waals surface area contributed by atoms with Crippen LogP contribution in [-0.4, -0.2) is 35.1 Å². The molecule has 0 unspecified atom stereocenters. The first-order chi connectivity index (χ1) is 15.4. The molecule has 3 aromatic carbocycles. The lowest BCUT2D eigenvalue weighted by molar-refractivity contribution is 0.0950. The number of nitrogens with one attached hydrogen (secondary N) is 2. The molecule has 0 radical (unpaired) electrons. The number of para-hydroxylation sites is 1. The standard InChI is InChI=1S/C23H23FN2O5S/c1-30-21-15-17(32(28,29)26-20-11-7-6-10-19(20)24)14-18(22(21)31-2)23(27)25-13-12-16-8-4-3-5-9-16/h3-11,14-15,26H,12-13H2,1-2H3,(H,25,27). The van der Waals surface area contributed by atoms with Gasteiger partial charge in [-0.25, -0.2) is 12.8 Å². The van der Waals surface area contributed by atoms with Crippen molar-refractivity contribution < 1.29 is 27.1 Å². The molecule has 3 aromatic rings. The van der Waals surface area contributed by atoms with Crippen LogP contribution in [0.1, 0.15) is 15.9 Å². The van der Waals surface area contributed by atoms with Gasteiger partial charge >= 0.3 is 0 Å². The van der Waals surface area contributed by atoms with Crippen LogP contribution in [0.4, 0.5) is 10.1 Å². The Labute approximate surface area is 186 Å². The van der Waals surface area contributed by atoms with E-state index in [1.807, 2.05) is 30.3 Å². The Kier molecular flexibility index (Phi) is 7.32. The molecule has 0 saturated heterocycles. The fourth-order valence-corrected chi connectivity index (χ4v) is 4.18. The molecule has 0 bridgehead atoms. The molecule has 9 heteroatoms. The highest BCUT2D eigenvalue weighted by Crippen LogP contribution is 2.35. The number of halogens is 1. The van der Waals surface area contributed by atoms with E-state index in [1.54, 1.807) is 0 Å². The van der Waals surface area contributed by atoms with Gasteiger partial charge in [0.25, 0.3) is 15.9 Å². The molecule has 0 atom stereocenters. The van der Waals surface area contributed by atoms with E-state index in [9.17, 15) is 17.6 Å². The lowest BCUT2D eigenvalue weighted by Crippen LogP contribution is -2.26. The summed E-state index contributed by atoms with van der Waals surface area (Å²) < 4.78 is 52.5. The normalized spacial score (nSPS) is 11.0. The van der Waals surface area contributed by atoms with Gasteiger partial charge in [-0.2, -0.15) is 0 Å². The molecule has 0 aliphatic heterocycles. The average Bonchev–Trinajstić information content (AvgIpc) is 2.80. The van der Waals surface area contributed by atoms with Crippen LogP contribution in [0.15, 0.2) is 71.6 Å². The van der Waals surface area contributed by atoms with Gasteiger partial charge in [0.1, 0.15) is 5.82 Å². The summed E-state index contributed by atoms with van der Waals surface area (Å²) in [6.07, 6.45) is 0.596. The molecular weight excluding hydrogens is 435 g/mol. The minimum Gasteiger partial charge on any atom is -0.493 e. The number of rotatable bonds is 9. The number of hydrogen-bond donors (Lipinski definition) is 2. The number of carbonyl (C=O) groups is 1. The smallest absolute Gasteiger partial charge is 0.262 e.